The summed E-state index contributed by atoms with van der Waals surface area (Å²) in [6.07, 6.45) is 2.94. The summed E-state index contributed by atoms with van der Waals surface area (Å²) in [4.78, 5) is 30.8. The average Bonchev–Trinajstić information content (AvgIpc) is 3.05. The summed E-state index contributed by atoms with van der Waals surface area (Å²) >= 11 is 1.52. The van der Waals surface area contributed by atoms with Gasteiger partial charge in [0.2, 0.25) is 11.8 Å². The first-order valence-corrected chi connectivity index (χ1v) is 17.7. The number of carbonyl (C=O) groups excluding carboxylic acids is 2. The van der Waals surface area contributed by atoms with E-state index in [0.717, 1.165) is 37.9 Å². The summed E-state index contributed by atoms with van der Waals surface area (Å²) in [6, 6.07) is 30.1. The smallest absolute Gasteiger partial charge is 0.264 e. The van der Waals surface area contributed by atoms with Gasteiger partial charge in [-0.3, -0.25) is 13.9 Å². The highest BCUT2D eigenvalue weighted by atomic mass is 32.2. The molecule has 0 heterocycles. The summed E-state index contributed by atoms with van der Waals surface area (Å²) in [5.41, 5.74) is 4.08. The monoisotopic (exact) mass is 643 g/mol. The largest absolute Gasteiger partial charge is 0.354 e. The quantitative estimate of drug-likeness (QED) is 0.161. The van der Waals surface area contributed by atoms with E-state index >= 15 is 0 Å². The lowest BCUT2D eigenvalue weighted by Gasteiger charge is -2.34. The second-order valence-electron chi connectivity index (χ2n) is 11.0. The molecule has 0 bridgehead atoms. The Balaban J connectivity index is 1.80. The minimum absolute atomic E-state index is 0.0839. The molecule has 45 heavy (non-hydrogen) atoms. The minimum atomic E-state index is -4.14. The van der Waals surface area contributed by atoms with Crippen LogP contribution in [0.5, 0.6) is 0 Å². The van der Waals surface area contributed by atoms with Crippen LogP contribution in [0.15, 0.2) is 113 Å². The number of nitrogens with one attached hydrogen (secondary N) is 1. The maximum atomic E-state index is 14.5. The molecule has 1 atom stereocenters. The third kappa shape index (κ3) is 8.77. The molecule has 0 fully saturated rings. The zero-order chi connectivity index (χ0) is 32.4. The maximum Gasteiger partial charge on any atom is 0.264 e. The number of hydrogen-bond acceptors (Lipinski definition) is 5. The molecule has 2 amide bonds. The Labute approximate surface area is 271 Å². The first kappa shape index (κ1) is 33.8. The Morgan fingerprint density at radius 1 is 0.844 bits per heavy atom. The lowest BCUT2D eigenvalue weighted by Crippen LogP contribution is -2.53. The average molecular weight is 644 g/mol. The van der Waals surface area contributed by atoms with E-state index in [1.165, 1.54) is 16.7 Å². The topological polar surface area (TPSA) is 86.8 Å². The molecular weight excluding hydrogens is 603 g/mol. The molecule has 0 saturated carbocycles. The van der Waals surface area contributed by atoms with Crippen LogP contribution >= 0.6 is 11.8 Å². The van der Waals surface area contributed by atoms with Crippen molar-refractivity contribution in [3.63, 3.8) is 0 Å². The van der Waals surface area contributed by atoms with Crippen LogP contribution in [0.2, 0.25) is 0 Å². The fourth-order valence-electron chi connectivity index (χ4n) is 5.01. The van der Waals surface area contributed by atoms with Crippen molar-refractivity contribution in [3.05, 3.63) is 125 Å². The number of aryl methyl sites for hydroxylation is 2. The first-order valence-electron chi connectivity index (χ1n) is 15.0. The Kier molecular flexibility index (Phi) is 11.8. The van der Waals surface area contributed by atoms with Gasteiger partial charge in [-0.15, -0.1) is 11.8 Å². The molecule has 4 rings (SSSR count). The molecule has 4 aromatic carbocycles. The van der Waals surface area contributed by atoms with Crippen molar-refractivity contribution in [1.82, 2.24) is 10.2 Å². The number of rotatable bonds is 14. The molecule has 1 N–H and O–H groups in total. The Morgan fingerprint density at radius 2 is 1.49 bits per heavy atom. The highest BCUT2D eigenvalue weighted by Crippen LogP contribution is 2.27. The highest BCUT2D eigenvalue weighted by Gasteiger charge is 2.34. The van der Waals surface area contributed by atoms with E-state index < -0.39 is 28.5 Å². The second kappa shape index (κ2) is 15.8. The summed E-state index contributed by atoms with van der Waals surface area (Å²) in [7, 11) is -4.14. The van der Waals surface area contributed by atoms with Crippen LogP contribution in [0.25, 0.3) is 0 Å². The van der Waals surface area contributed by atoms with E-state index in [2.05, 4.69) is 5.32 Å². The van der Waals surface area contributed by atoms with Crippen LogP contribution in [-0.2, 0) is 32.6 Å². The standard InChI is InChI=1S/C36H41N3O4S2/c1-5-23-37-36(41)34(24-29-12-7-6-8-13-29)38(25-30-14-10-9-11-28(30)3)35(40)26-39(31-17-15-27(2)16-18-31)45(42,43)33-21-19-32(44-4)20-22-33/h6-22,34H,5,23-26H2,1-4H3,(H,37,41)/t34-/m1/s1. The van der Waals surface area contributed by atoms with Gasteiger partial charge in [0.15, 0.2) is 0 Å². The number of benzene rings is 4. The zero-order valence-corrected chi connectivity index (χ0v) is 27.9. The number of hydrogen-bond donors (Lipinski definition) is 1. The van der Waals surface area contributed by atoms with Crippen molar-refractivity contribution in [1.29, 1.82) is 0 Å². The normalized spacial score (nSPS) is 11.9. The second-order valence-corrected chi connectivity index (χ2v) is 13.7. The first-order chi connectivity index (χ1) is 21.6. The van der Waals surface area contributed by atoms with Crippen molar-refractivity contribution < 1.29 is 18.0 Å². The van der Waals surface area contributed by atoms with Crippen LogP contribution in [0.1, 0.15) is 35.6 Å². The molecule has 236 valence electrons. The molecule has 0 radical (unpaired) electrons. The van der Waals surface area contributed by atoms with E-state index in [4.69, 9.17) is 0 Å². The van der Waals surface area contributed by atoms with Gasteiger partial charge in [0, 0.05) is 24.4 Å². The molecule has 0 spiro atoms. The Bertz CT molecular complexity index is 1680. The summed E-state index contributed by atoms with van der Waals surface area (Å²) in [6.45, 7) is 5.98. The number of nitrogens with zero attached hydrogens (tertiary/aromatic N) is 2. The minimum Gasteiger partial charge on any atom is -0.354 e. The summed E-state index contributed by atoms with van der Waals surface area (Å²) < 4.78 is 29.5. The fraction of sp³-hybridized carbons (Fsp3) is 0.278. The van der Waals surface area contributed by atoms with E-state index in [1.807, 2.05) is 93.8 Å². The van der Waals surface area contributed by atoms with Crippen molar-refractivity contribution in [2.75, 3.05) is 23.7 Å². The zero-order valence-electron chi connectivity index (χ0n) is 26.3. The van der Waals surface area contributed by atoms with Gasteiger partial charge in [0.25, 0.3) is 10.0 Å². The van der Waals surface area contributed by atoms with E-state index in [1.54, 1.807) is 36.4 Å². The third-order valence-electron chi connectivity index (χ3n) is 7.67. The fourth-order valence-corrected chi connectivity index (χ4v) is 6.83. The van der Waals surface area contributed by atoms with Crippen molar-refractivity contribution in [2.24, 2.45) is 0 Å². The van der Waals surface area contributed by atoms with Crippen LogP contribution in [0, 0.1) is 13.8 Å². The maximum absolute atomic E-state index is 14.5. The number of carbonyl (C=O) groups is 2. The number of sulfonamides is 1. The number of amides is 2. The van der Waals surface area contributed by atoms with Gasteiger partial charge in [-0.05, 0) is 79.6 Å². The summed E-state index contributed by atoms with van der Waals surface area (Å²) in [5.74, 6) is -0.754. The van der Waals surface area contributed by atoms with Gasteiger partial charge < -0.3 is 10.2 Å². The summed E-state index contributed by atoms with van der Waals surface area (Å²) in [5, 5.41) is 2.98. The Hall–Kier alpha value is -4.08. The van der Waals surface area contributed by atoms with Gasteiger partial charge in [0.05, 0.1) is 10.6 Å². The molecule has 0 aromatic heterocycles. The van der Waals surface area contributed by atoms with Gasteiger partial charge in [0.1, 0.15) is 12.6 Å². The highest BCUT2D eigenvalue weighted by molar-refractivity contribution is 7.98. The van der Waals surface area contributed by atoms with Crippen molar-refractivity contribution in [2.45, 2.75) is 56.0 Å². The van der Waals surface area contributed by atoms with E-state index in [0.29, 0.717) is 12.2 Å². The van der Waals surface area contributed by atoms with Gasteiger partial charge >= 0.3 is 0 Å². The van der Waals surface area contributed by atoms with Crippen LogP contribution in [0.4, 0.5) is 5.69 Å². The lowest BCUT2D eigenvalue weighted by atomic mass is 10.0. The Morgan fingerprint density at radius 3 is 2.11 bits per heavy atom. The molecule has 7 nitrogen and oxygen atoms in total. The molecule has 0 aliphatic heterocycles. The molecule has 4 aromatic rings. The van der Waals surface area contributed by atoms with Gasteiger partial charge in [-0.1, -0.05) is 79.2 Å². The van der Waals surface area contributed by atoms with Crippen LogP contribution in [0.3, 0.4) is 0 Å². The van der Waals surface area contributed by atoms with Crippen LogP contribution in [-0.4, -0.2) is 50.5 Å². The van der Waals surface area contributed by atoms with Crippen LogP contribution < -0.4 is 9.62 Å². The molecule has 0 aliphatic carbocycles. The number of thioether (sulfide) groups is 1. The van der Waals surface area contributed by atoms with Crippen molar-refractivity contribution >= 4 is 39.3 Å². The third-order valence-corrected chi connectivity index (χ3v) is 10.2. The molecular formula is C36H41N3O4S2. The van der Waals surface area contributed by atoms with E-state index in [9.17, 15) is 18.0 Å². The SMILES string of the molecule is CCCNC(=O)[C@@H](Cc1ccccc1)N(Cc1ccccc1C)C(=O)CN(c1ccc(C)cc1)S(=O)(=O)c1ccc(SC)cc1. The van der Waals surface area contributed by atoms with Gasteiger partial charge in [-0.25, -0.2) is 8.42 Å². The predicted octanol–water partition coefficient (Wildman–Crippen LogP) is 6.39. The molecule has 9 heteroatoms. The van der Waals surface area contributed by atoms with Gasteiger partial charge in [-0.2, -0.15) is 0 Å². The molecule has 0 aliphatic rings. The lowest BCUT2D eigenvalue weighted by molar-refractivity contribution is -0.140. The molecule has 0 unspecified atom stereocenters. The van der Waals surface area contributed by atoms with E-state index in [-0.39, 0.29) is 23.8 Å². The predicted molar refractivity (Wildman–Crippen MR) is 183 cm³/mol. The van der Waals surface area contributed by atoms with Crippen molar-refractivity contribution in [3.8, 4) is 0 Å². The number of anilines is 1. The molecule has 0 saturated heterocycles.